The number of ether oxygens (including phenoxy) is 4. The number of carbonyl (C=O) groups excluding carboxylic acids is 2. The molecule has 0 aliphatic carbocycles. The van der Waals surface area contributed by atoms with Crippen molar-refractivity contribution in [1.82, 2.24) is 0 Å². The van der Waals surface area contributed by atoms with Crippen LogP contribution < -0.4 is 0 Å². The van der Waals surface area contributed by atoms with Crippen molar-refractivity contribution in [2.75, 3.05) is 13.7 Å². The van der Waals surface area contributed by atoms with Crippen LogP contribution in [0.5, 0.6) is 0 Å². The van der Waals surface area contributed by atoms with Crippen molar-refractivity contribution in [2.24, 2.45) is 0 Å². The maximum Gasteiger partial charge on any atom is 0.338 e. The smallest absolute Gasteiger partial charge is 0.338 e. The molecule has 2 N–H and O–H groups in total. The fraction of sp³-hybridized carbons (Fsp3) is 0.333. The van der Waals surface area contributed by atoms with Gasteiger partial charge in [-0.15, -0.1) is 0 Å². The highest BCUT2D eigenvalue weighted by atomic mass is 16.7. The van der Waals surface area contributed by atoms with Crippen molar-refractivity contribution in [3.05, 3.63) is 71.8 Å². The summed E-state index contributed by atoms with van der Waals surface area (Å²) >= 11 is 0. The molecule has 5 atom stereocenters. The van der Waals surface area contributed by atoms with Gasteiger partial charge in [-0.3, -0.25) is 0 Å². The van der Waals surface area contributed by atoms with E-state index in [0.29, 0.717) is 5.56 Å². The van der Waals surface area contributed by atoms with Gasteiger partial charge in [-0.1, -0.05) is 36.4 Å². The number of aliphatic hydroxyl groups excluding tert-OH is 2. The van der Waals surface area contributed by atoms with Gasteiger partial charge in [0.2, 0.25) is 0 Å². The summed E-state index contributed by atoms with van der Waals surface area (Å²) in [4.78, 5) is 24.6. The van der Waals surface area contributed by atoms with Gasteiger partial charge in [0.15, 0.2) is 12.4 Å². The number of aliphatic hydroxyl groups is 2. The molecule has 0 radical (unpaired) electrons. The number of hydrogen-bond acceptors (Lipinski definition) is 8. The molecule has 2 aromatic rings. The van der Waals surface area contributed by atoms with Crippen molar-refractivity contribution < 1.29 is 38.7 Å². The largest absolute Gasteiger partial charge is 0.459 e. The van der Waals surface area contributed by atoms with Crippen LogP contribution in [0.4, 0.5) is 0 Å². The van der Waals surface area contributed by atoms with Crippen molar-refractivity contribution in [2.45, 2.75) is 30.7 Å². The van der Waals surface area contributed by atoms with Crippen LogP contribution in [0.2, 0.25) is 0 Å². The Morgan fingerprint density at radius 3 is 2.00 bits per heavy atom. The summed E-state index contributed by atoms with van der Waals surface area (Å²) in [6.07, 6.45) is -6.43. The monoisotopic (exact) mass is 402 g/mol. The second kappa shape index (κ2) is 9.62. The molecule has 1 fully saturated rings. The fourth-order valence-corrected chi connectivity index (χ4v) is 2.96. The molecule has 3 rings (SSSR count). The Kier molecular flexibility index (Phi) is 6.95. The van der Waals surface area contributed by atoms with Gasteiger partial charge in [0.05, 0.1) is 11.1 Å². The van der Waals surface area contributed by atoms with E-state index in [1.807, 2.05) is 0 Å². The topological polar surface area (TPSA) is 112 Å². The number of rotatable bonds is 6. The van der Waals surface area contributed by atoms with Crippen LogP contribution in [0.3, 0.4) is 0 Å². The second-order valence-corrected chi connectivity index (χ2v) is 6.46. The summed E-state index contributed by atoms with van der Waals surface area (Å²) in [5.41, 5.74) is 0.605. The summed E-state index contributed by atoms with van der Waals surface area (Å²) in [7, 11) is 1.30. The molecule has 1 saturated heterocycles. The molecule has 8 heteroatoms. The van der Waals surface area contributed by atoms with E-state index in [0.717, 1.165) is 0 Å². The molecule has 0 aromatic heterocycles. The molecule has 2 aromatic carbocycles. The zero-order valence-corrected chi connectivity index (χ0v) is 15.7. The van der Waals surface area contributed by atoms with Crippen LogP contribution in [-0.4, -0.2) is 66.6 Å². The Hall–Kier alpha value is -2.78. The molecule has 1 aliphatic heterocycles. The van der Waals surface area contributed by atoms with Gasteiger partial charge in [-0.2, -0.15) is 0 Å². The van der Waals surface area contributed by atoms with E-state index >= 15 is 0 Å². The molecule has 8 nitrogen and oxygen atoms in total. The lowest BCUT2D eigenvalue weighted by atomic mass is 9.99. The minimum Gasteiger partial charge on any atom is -0.459 e. The van der Waals surface area contributed by atoms with Gasteiger partial charge in [0.25, 0.3) is 0 Å². The summed E-state index contributed by atoms with van der Waals surface area (Å²) in [6, 6.07) is 16.5. The molecular formula is C21H22O8. The first-order valence-electron chi connectivity index (χ1n) is 9.04. The van der Waals surface area contributed by atoms with Crippen molar-refractivity contribution in [1.29, 1.82) is 0 Å². The van der Waals surface area contributed by atoms with Crippen LogP contribution in [0.1, 0.15) is 20.7 Å². The van der Waals surface area contributed by atoms with E-state index in [-0.39, 0.29) is 12.2 Å². The van der Waals surface area contributed by atoms with Gasteiger partial charge in [0.1, 0.15) is 24.9 Å². The number of carbonyl (C=O) groups is 2. The number of esters is 2. The Balaban J connectivity index is 1.73. The van der Waals surface area contributed by atoms with Gasteiger partial charge >= 0.3 is 11.9 Å². The first-order chi connectivity index (χ1) is 14.0. The predicted octanol–water partition coefficient (Wildman–Crippen LogP) is 1.16. The highest BCUT2D eigenvalue weighted by Gasteiger charge is 2.47. The summed E-state index contributed by atoms with van der Waals surface area (Å²) in [6.45, 7) is -0.315. The van der Waals surface area contributed by atoms with Crippen LogP contribution in [-0.2, 0) is 18.9 Å². The van der Waals surface area contributed by atoms with Crippen molar-refractivity contribution >= 4 is 11.9 Å². The van der Waals surface area contributed by atoms with Crippen molar-refractivity contribution in [3.63, 3.8) is 0 Å². The average Bonchev–Trinajstić information content (AvgIpc) is 2.77. The molecule has 0 saturated carbocycles. The third-order valence-electron chi connectivity index (χ3n) is 4.51. The lowest BCUT2D eigenvalue weighted by molar-refractivity contribution is -0.293. The molecule has 154 valence electrons. The lowest BCUT2D eigenvalue weighted by Crippen LogP contribution is -2.60. The minimum absolute atomic E-state index is 0.267. The van der Waals surface area contributed by atoms with Gasteiger partial charge in [-0.25, -0.2) is 9.59 Å². The third kappa shape index (κ3) is 4.99. The van der Waals surface area contributed by atoms with E-state index < -0.39 is 42.6 Å². The van der Waals surface area contributed by atoms with E-state index in [9.17, 15) is 19.8 Å². The highest BCUT2D eigenvalue weighted by Crippen LogP contribution is 2.25. The van der Waals surface area contributed by atoms with Crippen LogP contribution in [0.25, 0.3) is 0 Å². The van der Waals surface area contributed by atoms with E-state index in [1.54, 1.807) is 60.7 Å². The standard InChI is InChI=1S/C21H22O8/c1-26-21-17(23)16(22)18(29-20(25)14-10-6-3-7-11-14)15(28-21)12-27-19(24)13-8-4-2-5-9-13/h2-11,15-18,21-23H,12H2,1H3/t15-,16-,17-,18+,21-/m1/s1. The minimum atomic E-state index is -1.50. The maximum atomic E-state index is 12.4. The number of benzene rings is 2. The number of methoxy groups -OCH3 is 1. The van der Waals surface area contributed by atoms with E-state index in [4.69, 9.17) is 18.9 Å². The zero-order chi connectivity index (χ0) is 20.8. The molecule has 0 unspecified atom stereocenters. The molecular weight excluding hydrogens is 380 g/mol. The fourth-order valence-electron chi connectivity index (χ4n) is 2.96. The zero-order valence-electron chi connectivity index (χ0n) is 15.7. The molecule has 1 heterocycles. The van der Waals surface area contributed by atoms with E-state index in [1.165, 1.54) is 7.11 Å². The van der Waals surface area contributed by atoms with Gasteiger partial charge in [0, 0.05) is 7.11 Å². The maximum absolute atomic E-state index is 12.4. The van der Waals surface area contributed by atoms with Gasteiger partial charge < -0.3 is 29.2 Å². The Labute approximate surface area is 167 Å². The molecule has 1 aliphatic rings. The summed E-state index contributed by atoms with van der Waals surface area (Å²) < 4.78 is 21.2. The van der Waals surface area contributed by atoms with Crippen LogP contribution in [0, 0.1) is 0 Å². The number of hydrogen-bond donors (Lipinski definition) is 2. The first-order valence-corrected chi connectivity index (χ1v) is 9.04. The van der Waals surface area contributed by atoms with Crippen molar-refractivity contribution in [3.8, 4) is 0 Å². The normalized spacial score (nSPS) is 26.5. The average molecular weight is 402 g/mol. The summed E-state index contributed by atoms with van der Waals surface area (Å²) in [5.74, 6) is -1.31. The first kappa shape index (κ1) is 20.9. The SMILES string of the molecule is CO[C@@H]1O[C@H](COC(=O)c2ccccc2)[C@H](OC(=O)c2ccccc2)[C@H](O)[C@H]1O. The quantitative estimate of drug-likeness (QED) is 0.693. The van der Waals surface area contributed by atoms with Crippen LogP contribution >= 0.6 is 0 Å². The Morgan fingerprint density at radius 1 is 0.897 bits per heavy atom. The van der Waals surface area contributed by atoms with E-state index in [2.05, 4.69) is 0 Å². The molecule has 0 bridgehead atoms. The third-order valence-corrected chi connectivity index (χ3v) is 4.51. The van der Waals surface area contributed by atoms with Gasteiger partial charge in [-0.05, 0) is 24.3 Å². The predicted molar refractivity (Wildman–Crippen MR) is 100 cm³/mol. The van der Waals surface area contributed by atoms with Crippen LogP contribution in [0.15, 0.2) is 60.7 Å². The lowest BCUT2D eigenvalue weighted by Gasteiger charge is -2.41. The summed E-state index contributed by atoms with van der Waals surface area (Å²) in [5, 5.41) is 20.6. The molecule has 0 spiro atoms. The Bertz CT molecular complexity index is 810. The Morgan fingerprint density at radius 2 is 1.45 bits per heavy atom. The molecule has 29 heavy (non-hydrogen) atoms. The molecule has 0 amide bonds. The second-order valence-electron chi connectivity index (χ2n) is 6.46. The highest BCUT2D eigenvalue weighted by molar-refractivity contribution is 5.90.